The van der Waals surface area contributed by atoms with Crippen LogP contribution in [0.1, 0.15) is 54.1 Å². The Labute approximate surface area is 138 Å². The molecule has 2 aliphatic carbocycles. The van der Waals surface area contributed by atoms with Gasteiger partial charge in [0.05, 0.1) is 6.20 Å². The SMILES string of the molecule is Cn1ncc(C(=O)OC23CCC(c4cscc42)C3(C)C)c1Cl. The Kier molecular flexibility index (Phi) is 2.83. The number of carbonyl (C=O) groups excluding carboxylic acids is 1. The molecule has 2 unspecified atom stereocenters. The quantitative estimate of drug-likeness (QED) is 0.775. The van der Waals surface area contributed by atoms with Gasteiger partial charge >= 0.3 is 5.97 Å². The molecule has 22 heavy (non-hydrogen) atoms. The van der Waals surface area contributed by atoms with Crippen LogP contribution >= 0.6 is 22.9 Å². The van der Waals surface area contributed by atoms with Gasteiger partial charge in [-0.3, -0.25) is 4.68 Å². The lowest BCUT2D eigenvalue weighted by molar-refractivity contribution is -0.0681. The monoisotopic (exact) mass is 336 g/mol. The van der Waals surface area contributed by atoms with Crippen molar-refractivity contribution in [3.8, 4) is 0 Å². The van der Waals surface area contributed by atoms with Gasteiger partial charge in [0.1, 0.15) is 16.3 Å². The summed E-state index contributed by atoms with van der Waals surface area (Å²) in [4.78, 5) is 12.7. The zero-order chi connectivity index (χ0) is 15.7. The Hall–Kier alpha value is -1.33. The maximum Gasteiger partial charge on any atom is 0.343 e. The molecule has 2 aliphatic rings. The summed E-state index contributed by atoms with van der Waals surface area (Å²) in [6.45, 7) is 4.40. The van der Waals surface area contributed by atoms with Crippen molar-refractivity contribution in [2.45, 2.75) is 38.2 Å². The Morgan fingerprint density at radius 1 is 1.50 bits per heavy atom. The van der Waals surface area contributed by atoms with Gasteiger partial charge in [-0.2, -0.15) is 16.4 Å². The summed E-state index contributed by atoms with van der Waals surface area (Å²) in [5, 5.41) is 8.68. The molecular weight excluding hydrogens is 320 g/mol. The van der Waals surface area contributed by atoms with Crippen LogP contribution in [-0.2, 0) is 17.4 Å². The molecule has 4 rings (SSSR count). The maximum atomic E-state index is 12.7. The molecule has 0 amide bonds. The third-order valence-electron chi connectivity index (χ3n) is 5.55. The van der Waals surface area contributed by atoms with Crippen LogP contribution in [0.2, 0.25) is 5.15 Å². The molecule has 1 fully saturated rings. The molecule has 0 aliphatic heterocycles. The molecule has 2 atom stereocenters. The first-order chi connectivity index (χ1) is 10.4. The van der Waals surface area contributed by atoms with Crippen LogP contribution in [0.4, 0.5) is 0 Å². The highest BCUT2D eigenvalue weighted by Crippen LogP contribution is 2.69. The van der Waals surface area contributed by atoms with Gasteiger partial charge in [-0.05, 0) is 35.1 Å². The Morgan fingerprint density at radius 3 is 2.95 bits per heavy atom. The van der Waals surface area contributed by atoms with Crippen molar-refractivity contribution < 1.29 is 9.53 Å². The minimum absolute atomic E-state index is 0.0873. The summed E-state index contributed by atoms with van der Waals surface area (Å²) in [6, 6.07) is 0. The molecule has 2 aromatic heterocycles. The van der Waals surface area contributed by atoms with Crippen LogP contribution in [0.5, 0.6) is 0 Å². The molecular formula is C16H17ClN2O2S. The largest absolute Gasteiger partial charge is 0.450 e. The summed E-state index contributed by atoms with van der Waals surface area (Å²) >= 11 is 7.83. The minimum Gasteiger partial charge on any atom is -0.450 e. The average Bonchev–Trinajstić information content (AvgIpc) is 3.15. The van der Waals surface area contributed by atoms with Crippen LogP contribution in [0.15, 0.2) is 17.0 Å². The summed E-state index contributed by atoms with van der Waals surface area (Å²) in [6.07, 6.45) is 3.41. The molecule has 0 aromatic carbocycles. The van der Waals surface area contributed by atoms with Crippen molar-refractivity contribution >= 4 is 28.9 Å². The third-order valence-corrected chi connectivity index (χ3v) is 6.76. The summed E-state index contributed by atoms with van der Waals surface area (Å²) in [7, 11) is 1.71. The summed E-state index contributed by atoms with van der Waals surface area (Å²) in [5.74, 6) is 0.0804. The van der Waals surface area contributed by atoms with E-state index >= 15 is 0 Å². The number of hydrogen-bond acceptors (Lipinski definition) is 4. The third kappa shape index (κ3) is 1.53. The van der Waals surface area contributed by atoms with Crippen molar-refractivity contribution in [2.75, 3.05) is 0 Å². The van der Waals surface area contributed by atoms with Crippen LogP contribution in [-0.4, -0.2) is 15.7 Å². The molecule has 0 N–H and O–H groups in total. The first kappa shape index (κ1) is 14.3. The van der Waals surface area contributed by atoms with E-state index < -0.39 is 5.60 Å². The van der Waals surface area contributed by atoms with Crippen LogP contribution in [0, 0.1) is 5.41 Å². The van der Waals surface area contributed by atoms with E-state index in [1.165, 1.54) is 22.0 Å². The van der Waals surface area contributed by atoms with Gasteiger partial charge < -0.3 is 4.74 Å². The zero-order valence-electron chi connectivity index (χ0n) is 12.7. The maximum absolute atomic E-state index is 12.7. The van der Waals surface area contributed by atoms with Gasteiger partial charge in [-0.25, -0.2) is 4.79 Å². The number of nitrogens with zero attached hydrogens (tertiary/aromatic N) is 2. The van der Waals surface area contributed by atoms with Crippen molar-refractivity contribution in [3.63, 3.8) is 0 Å². The van der Waals surface area contributed by atoms with E-state index in [1.54, 1.807) is 18.4 Å². The second-order valence-electron chi connectivity index (χ2n) is 6.74. The fourth-order valence-corrected chi connectivity index (χ4v) is 5.39. The van der Waals surface area contributed by atoms with E-state index in [0.717, 1.165) is 12.8 Å². The Balaban J connectivity index is 1.76. The molecule has 2 heterocycles. The number of ether oxygens (including phenoxy) is 1. The average molecular weight is 337 g/mol. The van der Waals surface area contributed by atoms with E-state index in [9.17, 15) is 4.79 Å². The lowest BCUT2D eigenvalue weighted by Gasteiger charge is -2.37. The molecule has 2 bridgehead atoms. The molecule has 4 nitrogen and oxygen atoms in total. The lowest BCUT2D eigenvalue weighted by Crippen LogP contribution is -2.39. The highest BCUT2D eigenvalue weighted by molar-refractivity contribution is 7.08. The minimum atomic E-state index is -0.538. The van der Waals surface area contributed by atoms with E-state index in [4.69, 9.17) is 16.3 Å². The predicted molar refractivity (Wildman–Crippen MR) is 85.4 cm³/mol. The smallest absolute Gasteiger partial charge is 0.343 e. The number of halogens is 1. The van der Waals surface area contributed by atoms with Gasteiger partial charge in [0, 0.05) is 18.0 Å². The fourth-order valence-electron chi connectivity index (χ4n) is 4.25. The lowest BCUT2D eigenvalue weighted by atomic mass is 9.76. The highest BCUT2D eigenvalue weighted by atomic mass is 35.5. The van der Waals surface area contributed by atoms with Crippen molar-refractivity contribution in [3.05, 3.63) is 38.8 Å². The molecule has 1 saturated carbocycles. The number of aromatic nitrogens is 2. The Morgan fingerprint density at radius 2 is 2.27 bits per heavy atom. The molecule has 2 aromatic rings. The normalized spacial score (nSPS) is 27.9. The fraction of sp³-hybridized carbons (Fsp3) is 0.500. The Bertz CT molecular complexity index is 779. The van der Waals surface area contributed by atoms with Gasteiger partial charge in [0.2, 0.25) is 0 Å². The second kappa shape index (κ2) is 4.36. The van der Waals surface area contributed by atoms with Crippen LogP contribution in [0.25, 0.3) is 0 Å². The van der Waals surface area contributed by atoms with Gasteiger partial charge in [0.15, 0.2) is 0 Å². The molecule has 0 spiro atoms. The second-order valence-corrected chi connectivity index (χ2v) is 7.84. The number of fused-ring (bicyclic) bond motifs is 5. The molecule has 0 radical (unpaired) electrons. The van der Waals surface area contributed by atoms with Gasteiger partial charge in [-0.1, -0.05) is 25.4 Å². The van der Waals surface area contributed by atoms with E-state index in [2.05, 4.69) is 29.7 Å². The zero-order valence-corrected chi connectivity index (χ0v) is 14.3. The number of thiophene rings is 1. The van der Waals surface area contributed by atoms with Crippen molar-refractivity contribution in [1.82, 2.24) is 9.78 Å². The van der Waals surface area contributed by atoms with E-state index in [-0.39, 0.29) is 11.4 Å². The topological polar surface area (TPSA) is 44.1 Å². The molecule has 116 valence electrons. The molecule has 6 heteroatoms. The number of esters is 1. The summed E-state index contributed by atoms with van der Waals surface area (Å²) < 4.78 is 7.58. The van der Waals surface area contributed by atoms with Gasteiger partial charge in [-0.15, -0.1) is 0 Å². The number of rotatable bonds is 2. The number of hydrogen-bond donors (Lipinski definition) is 0. The van der Waals surface area contributed by atoms with Crippen molar-refractivity contribution in [2.24, 2.45) is 12.5 Å². The number of carbonyl (C=O) groups is 1. The van der Waals surface area contributed by atoms with E-state index in [0.29, 0.717) is 16.6 Å². The van der Waals surface area contributed by atoms with Crippen molar-refractivity contribution in [1.29, 1.82) is 0 Å². The highest BCUT2D eigenvalue weighted by Gasteiger charge is 2.65. The first-order valence-electron chi connectivity index (χ1n) is 7.36. The predicted octanol–water partition coefficient (Wildman–Crippen LogP) is 4.10. The first-order valence-corrected chi connectivity index (χ1v) is 8.68. The van der Waals surface area contributed by atoms with E-state index in [1.807, 2.05) is 0 Å². The van der Waals surface area contributed by atoms with Crippen LogP contribution < -0.4 is 0 Å². The molecule has 0 saturated heterocycles. The number of aryl methyl sites for hydroxylation is 1. The summed E-state index contributed by atoms with van der Waals surface area (Å²) in [5.41, 5.74) is 2.25. The standard InChI is InChI=1S/C16H17ClN2O2S/c1-15(2)11-4-5-16(15,12-8-22-7-10(11)12)21-14(20)9-6-18-19(3)13(9)17/h6-8,11H,4-5H2,1-3H3. The van der Waals surface area contributed by atoms with Gasteiger partial charge in [0.25, 0.3) is 0 Å². The van der Waals surface area contributed by atoms with Crippen LogP contribution in [0.3, 0.4) is 0 Å².